The van der Waals surface area contributed by atoms with Crippen molar-refractivity contribution in [3.8, 4) is 0 Å². The summed E-state index contributed by atoms with van der Waals surface area (Å²) in [7, 11) is 0. The van der Waals surface area contributed by atoms with Crippen LogP contribution in [0.4, 0.5) is 0 Å². The first-order valence-electron chi connectivity index (χ1n) is 8.01. The van der Waals surface area contributed by atoms with Crippen LogP contribution in [-0.2, 0) is 10.8 Å². The maximum atomic E-state index is 6.71. The summed E-state index contributed by atoms with van der Waals surface area (Å²) in [6.07, 6.45) is 3.83. The predicted octanol–water partition coefficient (Wildman–Crippen LogP) is 5.97. The average Bonchev–Trinajstić information content (AvgIpc) is 3.11. The fraction of sp³-hybridized carbons (Fsp3) is 0.684. The van der Waals surface area contributed by atoms with E-state index in [2.05, 4.69) is 52.8 Å². The molecule has 0 spiro atoms. The van der Waals surface area contributed by atoms with Crippen molar-refractivity contribution in [3.63, 3.8) is 0 Å². The van der Waals surface area contributed by atoms with Crippen molar-refractivity contribution in [2.75, 3.05) is 0 Å². The second kappa shape index (κ2) is 4.50. The van der Waals surface area contributed by atoms with E-state index in [1.54, 1.807) is 0 Å². The number of fused-ring (bicyclic) bond motifs is 1. The first-order chi connectivity index (χ1) is 9.22. The van der Waals surface area contributed by atoms with Crippen LogP contribution in [0.5, 0.6) is 0 Å². The fourth-order valence-corrected chi connectivity index (χ4v) is 4.27. The van der Waals surface area contributed by atoms with Crippen molar-refractivity contribution in [3.05, 3.63) is 34.9 Å². The van der Waals surface area contributed by atoms with Crippen LogP contribution < -0.4 is 0 Å². The Bertz CT molecular complexity index is 527. The van der Waals surface area contributed by atoms with E-state index in [0.717, 1.165) is 5.92 Å². The lowest BCUT2D eigenvalue weighted by Crippen LogP contribution is -2.33. The summed E-state index contributed by atoms with van der Waals surface area (Å²) in [5, 5.41) is 0.205. The molecule has 110 valence electrons. The van der Waals surface area contributed by atoms with Gasteiger partial charge >= 0.3 is 0 Å². The van der Waals surface area contributed by atoms with E-state index in [0.29, 0.717) is 11.3 Å². The first-order valence-corrected chi connectivity index (χ1v) is 8.45. The normalized spacial score (nSPS) is 31.5. The molecular weight excluding hydrogens is 264 g/mol. The highest BCUT2D eigenvalue weighted by Crippen LogP contribution is 2.52. The SMILES string of the molecule is CC1CC1C(Cl)c1ccc2c(c1)C(C)(C)CCC2(C)C. The molecule has 0 nitrogen and oxygen atoms in total. The van der Waals surface area contributed by atoms with Crippen LogP contribution in [0.1, 0.15) is 75.9 Å². The molecular formula is C19H27Cl. The summed E-state index contributed by atoms with van der Waals surface area (Å²) in [4.78, 5) is 0. The van der Waals surface area contributed by atoms with Crippen molar-refractivity contribution in [1.29, 1.82) is 0 Å². The third-order valence-electron chi connectivity index (χ3n) is 5.74. The maximum Gasteiger partial charge on any atom is 0.0616 e. The highest BCUT2D eigenvalue weighted by Gasteiger charge is 2.41. The Labute approximate surface area is 128 Å². The molecule has 0 bridgehead atoms. The van der Waals surface area contributed by atoms with Gasteiger partial charge in [-0.2, -0.15) is 0 Å². The molecule has 1 aromatic rings. The lowest BCUT2D eigenvalue weighted by Gasteiger charge is -2.42. The van der Waals surface area contributed by atoms with E-state index in [1.165, 1.54) is 36.0 Å². The second-order valence-electron chi connectivity index (χ2n) is 8.35. The van der Waals surface area contributed by atoms with Crippen LogP contribution in [-0.4, -0.2) is 0 Å². The Morgan fingerprint density at radius 1 is 1.05 bits per heavy atom. The monoisotopic (exact) mass is 290 g/mol. The Morgan fingerprint density at radius 3 is 2.15 bits per heavy atom. The zero-order valence-electron chi connectivity index (χ0n) is 13.5. The minimum atomic E-state index is 0.205. The molecule has 1 heteroatoms. The Morgan fingerprint density at radius 2 is 1.60 bits per heavy atom. The third kappa shape index (κ3) is 2.30. The predicted molar refractivity (Wildman–Crippen MR) is 87.6 cm³/mol. The van der Waals surface area contributed by atoms with Crippen molar-refractivity contribution >= 4 is 11.6 Å². The number of rotatable bonds is 2. The molecule has 3 rings (SSSR count). The van der Waals surface area contributed by atoms with Gasteiger partial charge in [-0.15, -0.1) is 11.6 Å². The molecule has 0 aliphatic heterocycles. The largest absolute Gasteiger partial charge is 0.118 e. The van der Waals surface area contributed by atoms with E-state index in [4.69, 9.17) is 11.6 Å². The van der Waals surface area contributed by atoms with Crippen LogP contribution in [0.2, 0.25) is 0 Å². The molecule has 1 fully saturated rings. The molecule has 0 heterocycles. The molecule has 0 saturated heterocycles. The molecule has 3 atom stereocenters. The lowest BCUT2D eigenvalue weighted by atomic mass is 9.63. The summed E-state index contributed by atoms with van der Waals surface area (Å²) < 4.78 is 0. The molecule has 20 heavy (non-hydrogen) atoms. The third-order valence-corrected chi connectivity index (χ3v) is 6.32. The number of hydrogen-bond acceptors (Lipinski definition) is 0. The van der Waals surface area contributed by atoms with E-state index < -0.39 is 0 Å². The van der Waals surface area contributed by atoms with Gasteiger partial charge in [0.1, 0.15) is 0 Å². The van der Waals surface area contributed by atoms with E-state index in [9.17, 15) is 0 Å². The Hall–Kier alpha value is -0.490. The van der Waals surface area contributed by atoms with E-state index in [1.807, 2.05) is 0 Å². The van der Waals surface area contributed by atoms with Crippen LogP contribution in [0, 0.1) is 11.8 Å². The van der Waals surface area contributed by atoms with Gasteiger partial charge in [0.25, 0.3) is 0 Å². The molecule has 0 radical (unpaired) electrons. The molecule has 3 unspecified atom stereocenters. The average molecular weight is 291 g/mol. The summed E-state index contributed by atoms with van der Waals surface area (Å²) in [5.41, 5.74) is 4.99. The molecule has 0 N–H and O–H groups in total. The van der Waals surface area contributed by atoms with E-state index in [-0.39, 0.29) is 10.8 Å². The maximum absolute atomic E-state index is 6.71. The lowest BCUT2D eigenvalue weighted by molar-refractivity contribution is 0.331. The van der Waals surface area contributed by atoms with Crippen LogP contribution in [0.25, 0.3) is 0 Å². The zero-order valence-corrected chi connectivity index (χ0v) is 14.2. The standard InChI is InChI=1S/C19H27Cl/c1-12-10-14(12)17(20)13-6-7-15-16(11-13)19(4,5)9-8-18(15,2)3/h6-7,11-12,14,17H,8-10H2,1-5H3. The van der Waals surface area contributed by atoms with Crippen molar-refractivity contribution in [2.24, 2.45) is 11.8 Å². The smallest absolute Gasteiger partial charge is 0.0616 e. The highest BCUT2D eigenvalue weighted by molar-refractivity contribution is 6.21. The van der Waals surface area contributed by atoms with Gasteiger partial charge in [-0.3, -0.25) is 0 Å². The number of alkyl halides is 1. The molecule has 2 aliphatic rings. The quantitative estimate of drug-likeness (QED) is 0.589. The zero-order chi connectivity index (χ0) is 14.7. The van der Waals surface area contributed by atoms with Gasteiger partial charge in [0.2, 0.25) is 0 Å². The van der Waals surface area contributed by atoms with Gasteiger partial charge in [-0.1, -0.05) is 52.8 Å². The minimum Gasteiger partial charge on any atom is -0.118 e. The molecule has 0 amide bonds. The van der Waals surface area contributed by atoms with Crippen molar-refractivity contribution in [1.82, 2.24) is 0 Å². The summed E-state index contributed by atoms with van der Waals surface area (Å²) in [6, 6.07) is 7.05. The highest BCUT2D eigenvalue weighted by atomic mass is 35.5. The van der Waals surface area contributed by atoms with Crippen LogP contribution in [0.15, 0.2) is 18.2 Å². The van der Waals surface area contributed by atoms with Crippen molar-refractivity contribution < 1.29 is 0 Å². The van der Waals surface area contributed by atoms with Gasteiger partial charge in [0, 0.05) is 0 Å². The van der Waals surface area contributed by atoms with E-state index >= 15 is 0 Å². The van der Waals surface area contributed by atoms with Gasteiger partial charge in [0.05, 0.1) is 5.38 Å². The van der Waals surface area contributed by atoms with Gasteiger partial charge in [0.15, 0.2) is 0 Å². The molecule has 0 aromatic heterocycles. The fourth-order valence-electron chi connectivity index (χ4n) is 3.78. The minimum absolute atomic E-state index is 0.205. The molecule has 2 aliphatic carbocycles. The van der Waals surface area contributed by atoms with Crippen molar-refractivity contribution in [2.45, 2.75) is 70.1 Å². The second-order valence-corrected chi connectivity index (χ2v) is 8.82. The molecule has 1 saturated carbocycles. The summed E-state index contributed by atoms with van der Waals surface area (Å²) >= 11 is 6.71. The topological polar surface area (TPSA) is 0 Å². The number of benzene rings is 1. The van der Waals surface area contributed by atoms with Gasteiger partial charge < -0.3 is 0 Å². The number of halogens is 1. The Kier molecular flexibility index (Phi) is 3.25. The Balaban J connectivity index is 2.02. The molecule has 1 aromatic carbocycles. The van der Waals surface area contributed by atoms with Crippen LogP contribution in [0.3, 0.4) is 0 Å². The van der Waals surface area contributed by atoms with Gasteiger partial charge in [-0.05, 0) is 58.6 Å². The summed E-state index contributed by atoms with van der Waals surface area (Å²) in [6.45, 7) is 11.8. The van der Waals surface area contributed by atoms with Crippen LogP contribution >= 0.6 is 11.6 Å². The first kappa shape index (κ1) is 14.4. The van der Waals surface area contributed by atoms with Gasteiger partial charge in [-0.25, -0.2) is 0 Å². The number of hydrogen-bond donors (Lipinski definition) is 0. The summed E-state index contributed by atoms with van der Waals surface area (Å²) in [5.74, 6) is 1.49.